The Kier molecular flexibility index (Phi) is 11.9. The van der Waals surface area contributed by atoms with Gasteiger partial charge in [-0.15, -0.1) is 0 Å². The van der Waals surface area contributed by atoms with Crippen molar-refractivity contribution >= 4 is 0 Å². The van der Waals surface area contributed by atoms with E-state index in [2.05, 4.69) is 33.4 Å². The Bertz CT molecular complexity index is 300. The van der Waals surface area contributed by atoms with Gasteiger partial charge in [0.25, 0.3) is 0 Å². The second kappa shape index (κ2) is 13.9. The molecule has 2 rings (SSSR count). The van der Waals surface area contributed by atoms with Crippen molar-refractivity contribution in [2.45, 2.75) is 78.1 Å². The zero-order valence-electron chi connectivity index (χ0n) is 17.9. The Labute approximate surface area is 163 Å². The highest BCUT2D eigenvalue weighted by molar-refractivity contribution is 4.69. The summed E-state index contributed by atoms with van der Waals surface area (Å²) in [6, 6.07) is 0. The molecule has 26 heavy (non-hydrogen) atoms. The van der Waals surface area contributed by atoms with E-state index < -0.39 is 0 Å². The molecule has 2 heterocycles. The minimum Gasteiger partial charge on any atom is -0.290 e. The first-order valence-corrected chi connectivity index (χ1v) is 11.7. The summed E-state index contributed by atoms with van der Waals surface area (Å²) in [6.07, 6.45) is 13.9. The molecule has 0 radical (unpaired) electrons. The highest BCUT2D eigenvalue weighted by atomic mass is 15.3. The van der Waals surface area contributed by atoms with Crippen LogP contribution in [0, 0.1) is 0 Å². The van der Waals surface area contributed by atoms with E-state index in [0.29, 0.717) is 0 Å². The molecule has 0 unspecified atom stereocenters. The quantitative estimate of drug-likeness (QED) is 0.455. The lowest BCUT2D eigenvalue weighted by Gasteiger charge is -2.35. The minimum absolute atomic E-state index is 1.22. The van der Waals surface area contributed by atoms with Gasteiger partial charge in [-0.3, -0.25) is 19.6 Å². The van der Waals surface area contributed by atoms with Crippen LogP contribution in [0.4, 0.5) is 0 Å². The third-order valence-corrected chi connectivity index (χ3v) is 5.98. The summed E-state index contributed by atoms with van der Waals surface area (Å²) < 4.78 is 0. The van der Waals surface area contributed by atoms with Crippen LogP contribution in [0.2, 0.25) is 0 Å². The molecule has 0 N–H and O–H groups in total. The molecule has 4 heteroatoms. The van der Waals surface area contributed by atoms with Crippen LogP contribution in [0.1, 0.15) is 78.1 Å². The average Bonchev–Trinajstić information content (AvgIpc) is 2.65. The van der Waals surface area contributed by atoms with Crippen LogP contribution < -0.4 is 0 Å². The van der Waals surface area contributed by atoms with E-state index in [9.17, 15) is 0 Å². The Morgan fingerprint density at radius 2 is 0.808 bits per heavy atom. The largest absolute Gasteiger partial charge is 0.290 e. The number of hydrogen-bond acceptors (Lipinski definition) is 4. The van der Waals surface area contributed by atoms with Gasteiger partial charge in [-0.05, 0) is 64.7 Å². The Hall–Kier alpha value is -0.160. The normalized spacial score (nSPS) is 21.5. The van der Waals surface area contributed by atoms with Crippen molar-refractivity contribution in [3.05, 3.63) is 0 Å². The van der Waals surface area contributed by atoms with Crippen molar-refractivity contribution in [3.8, 4) is 0 Å². The van der Waals surface area contributed by atoms with Gasteiger partial charge < -0.3 is 0 Å². The fraction of sp³-hybridized carbons (Fsp3) is 1.00. The summed E-state index contributed by atoms with van der Waals surface area (Å²) in [5.41, 5.74) is 0. The maximum Gasteiger partial charge on any atom is 0.0506 e. The molecule has 0 amide bonds. The van der Waals surface area contributed by atoms with Gasteiger partial charge in [0.15, 0.2) is 0 Å². The minimum atomic E-state index is 1.22. The standard InChI is InChI=1S/C22H46N4/c1-3-13-23-17-11-19-25(21-23)15-9-7-5-6-8-10-16-26-20-12-18-24(22-26)14-4-2/h3-22H2,1-2H3. The van der Waals surface area contributed by atoms with Crippen LogP contribution in [0.15, 0.2) is 0 Å². The summed E-state index contributed by atoms with van der Waals surface area (Å²) in [5.74, 6) is 0. The molecule has 154 valence electrons. The van der Waals surface area contributed by atoms with E-state index in [1.54, 1.807) is 0 Å². The molecule has 0 saturated carbocycles. The molecule has 0 spiro atoms. The third-order valence-electron chi connectivity index (χ3n) is 5.98. The van der Waals surface area contributed by atoms with Crippen LogP contribution in [0.5, 0.6) is 0 Å². The summed E-state index contributed by atoms with van der Waals surface area (Å²) in [6.45, 7) is 17.5. The maximum absolute atomic E-state index is 2.68. The molecule has 2 aliphatic rings. The van der Waals surface area contributed by atoms with E-state index in [1.807, 2.05) is 0 Å². The van der Waals surface area contributed by atoms with Crippen LogP contribution in [-0.4, -0.2) is 85.3 Å². The molecule has 2 saturated heterocycles. The SMILES string of the molecule is CCCN1CCCN(CCCCCCCCN2CCCN(CCC)C2)C1. The molecule has 4 nitrogen and oxygen atoms in total. The van der Waals surface area contributed by atoms with Crippen molar-refractivity contribution in [3.63, 3.8) is 0 Å². The number of rotatable bonds is 13. The topological polar surface area (TPSA) is 13.0 Å². The van der Waals surface area contributed by atoms with Gasteiger partial charge in [0.05, 0.1) is 13.3 Å². The zero-order valence-corrected chi connectivity index (χ0v) is 17.9. The highest BCUT2D eigenvalue weighted by Crippen LogP contribution is 2.12. The first-order chi connectivity index (χ1) is 12.8. The van der Waals surface area contributed by atoms with Gasteiger partial charge in [-0.25, -0.2) is 0 Å². The van der Waals surface area contributed by atoms with Crippen LogP contribution in [-0.2, 0) is 0 Å². The Morgan fingerprint density at radius 1 is 0.462 bits per heavy atom. The molecule has 0 aromatic carbocycles. The first-order valence-electron chi connectivity index (χ1n) is 11.7. The van der Waals surface area contributed by atoms with Gasteiger partial charge in [-0.2, -0.15) is 0 Å². The lowest BCUT2D eigenvalue weighted by molar-refractivity contribution is 0.0837. The maximum atomic E-state index is 2.68. The average molecular weight is 367 g/mol. The molecule has 0 bridgehead atoms. The second-order valence-electron chi connectivity index (χ2n) is 8.58. The fourth-order valence-corrected chi connectivity index (χ4v) is 4.62. The van der Waals surface area contributed by atoms with Crippen LogP contribution >= 0.6 is 0 Å². The molecular weight excluding hydrogens is 320 g/mol. The second-order valence-corrected chi connectivity index (χ2v) is 8.58. The van der Waals surface area contributed by atoms with Gasteiger partial charge in [-0.1, -0.05) is 39.5 Å². The van der Waals surface area contributed by atoms with Gasteiger partial charge in [0.2, 0.25) is 0 Å². The smallest absolute Gasteiger partial charge is 0.0506 e. The van der Waals surface area contributed by atoms with Crippen LogP contribution in [0.25, 0.3) is 0 Å². The molecule has 0 aromatic heterocycles. The number of unbranched alkanes of at least 4 members (excludes halogenated alkanes) is 5. The van der Waals surface area contributed by atoms with E-state index in [0.717, 1.165) is 0 Å². The Balaban J connectivity index is 1.40. The van der Waals surface area contributed by atoms with Gasteiger partial charge in [0, 0.05) is 26.2 Å². The predicted molar refractivity (Wildman–Crippen MR) is 114 cm³/mol. The number of hydrogen-bond donors (Lipinski definition) is 0. The molecule has 0 aromatic rings. The third kappa shape index (κ3) is 9.16. The van der Waals surface area contributed by atoms with Crippen molar-refractivity contribution in [1.82, 2.24) is 19.6 Å². The molecule has 0 atom stereocenters. The van der Waals surface area contributed by atoms with Gasteiger partial charge >= 0.3 is 0 Å². The molecule has 2 aliphatic heterocycles. The fourth-order valence-electron chi connectivity index (χ4n) is 4.62. The van der Waals surface area contributed by atoms with Crippen LogP contribution in [0.3, 0.4) is 0 Å². The summed E-state index contributed by atoms with van der Waals surface area (Å²) >= 11 is 0. The highest BCUT2D eigenvalue weighted by Gasteiger charge is 2.16. The Morgan fingerprint density at radius 3 is 1.19 bits per heavy atom. The summed E-state index contributed by atoms with van der Waals surface area (Å²) in [4.78, 5) is 10.6. The summed E-state index contributed by atoms with van der Waals surface area (Å²) in [7, 11) is 0. The lowest BCUT2D eigenvalue weighted by atomic mass is 10.1. The predicted octanol–water partition coefficient (Wildman–Crippen LogP) is 4.08. The molecule has 2 fully saturated rings. The summed E-state index contributed by atoms with van der Waals surface area (Å²) in [5, 5.41) is 0. The van der Waals surface area contributed by atoms with E-state index in [4.69, 9.17) is 0 Å². The first kappa shape index (κ1) is 22.1. The van der Waals surface area contributed by atoms with E-state index in [-0.39, 0.29) is 0 Å². The number of nitrogens with zero attached hydrogens (tertiary/aromatic N) is 4. The monoisotopic (exact) mass is 366 g/mol. The molecular formula is C22H46N4. The van der Waals surface area contributed by atoms with Crippen molar-refractivity contribution < 1.29 is 0 Å². The lowest BCUT2D eigenvalue weighted by Crippen LogP contribution is -2.45. The van der Waals surface area contributed by atoms with E-state index in [1.165, 1.54) is 130 Å². The zero-order chi connectivity index (χ0) is 18.5. The molecule has 0 aliphatic carbocycles. The van der Waals surface area contributed by atoms with Crippen molar-refractivity contribution in [1.29, 1.82) is 0 Å². The van der Waals surface area contributed by atoms with Crippen molar-refractivity contribution in [2.24, 2.45) is 0 Å². The van der Waals surface area contributed by atoms with Gasteiger partial charge in [0.1, 0.15) is 0 Å². The van der Waals surface area contributed by atoms with E-state index >= 15 is 0 Å². The van der Waals surface area contributed by atoms with Crippen molar-refractivity contribution in [2.75, 3.05) is 65.7 Å².